The second kappa shape index (κ2) is 12.8. The largest absolute Gasteiger partial charge is 0.456 e. The third kappa shape index (κ3) is 5.14. The van der Waals surface area contributed by atoms with Crippen molar-refractivity contribution in [1.29, 1.82) is 0 Å². The summed E-state index contributed by atoms with van der Waals surface area (Å²) in [4.78, 5) is 15.7. The van der Waals surface area contributed by atoms with E-state index < -0.39 is 0 Å². The summed E-state index contributed by atoms with van der Waals surface area (Å²) < 4.78 is 9.03. The Hall–Kier alpha value is -7.89. The van der Waals surface area contributed by atoms with Gasteiger partial charge < -0.3 is 8.98 Å². The van der Waals surface area contributed by atoms with Crippen LogP contribution in [0.4, 0.5) is 0 Å². The molecule has 12 aromatic rings. The first kappa shape index (κ1) is 32.4. The lowest BCUT2D eigenvalue weighted by atomic mass is 9.97. The second-order valence-corrected chi connectivity index (χ2v) is 14.8. The molecular weight excluding hydrogens is 709 g/mol. The summed E-state index contributed by atoms with van der Waals surface area (Å²) in [6, 6.07) is 68.0. The Morgan fingerprint density at radius 3 is 1.76 bits per heavy atom. The molecule has 0 amide bonds. The van der Waals surface area contributed by atoms with Crippen LogP contribution in [-0.2, 0) is 0 Å². The number of furan rings is 1. The fourth-order valence-corrected chi connectivity index (χ4v) is 8.70. The zero-order valence-electron chi connectivity index (χ0n) is 31.2. The quantitative estimate of drug-likeness (QED) is 0.176. The van der Waals surface area contributed by atoms with Gasteiger partial charge in [-0.15, -0.1) is 0 Å². The van der Waals surface area contributed by atoms with Crippen molar-refractivity contribution in [3.05, 3.63) is 194 Å². The number of rotatable bonds is 5. The third-order valence-corrected chi connectivity index (χ3v) is 11.4. The molecule has 5 heteroatoms. The van der Waals surface area contributed by atoms with Gasteiger partial charge in [-0.2, -0.15) is 0 Å². The Morgan fingerprint density at radius 1 is 0.345 bits per heavy atom. The fraction of sp³-hybridized carbons (Fsp3) is 0. The second-order valence-electron chi connectivity index (χ2n) is 14.8. The monoisotopic (exact) mass is 740 g/mol. The minimum Gasteiger partial charge on any atom is -0.456 e. The van der Waals surface area contributed by atoms with Crippen LogP contribution >= 0.6 is 0 Å². The van der Waals surface area contributed by atoms with Crippen LogP contribution in [0.2, 0.25) is 0 Å². The summed E-state index contributed by atoms with van der Waals surface area (Å²) in [5.74, 6) is 1.78. The number of benzene rings is 9. The van der Waals surface area contributed by atoms with Gasteiger partial charge in [0.05, 0.1) is 16.7 Å². The molecule has 0 saturated heterocycles. The van der Waals surface area contributed by atoms with Gasteiger partial charge in [0.2, 0.25) is 0 Å². The Kier molecular flexibility index (Phi) is 7.16. The molecule has 0 aliphatic carbocycles. The van der Waals surface area contributed by atoms with Crippen molar-refractivity contribution < 1.29 is 4.42 Å². The summed E-state index contributed by atoms with van der Waals surface area (Å²) in [6.07, 6.45) is 0. The lowest BCUT2D eigenvalue weighted by Crippen LogP contribution is -2.01. The van der Waals surface area contributed by atoms with E-state index in [0.29, 0.717) is 17.5 Å². The average molecular weight is 741 g/mol. The van der Waals surface area contributed by atoms with Gasteiger partial charge in [-0.3, -0.25) is 0 Å². The molecule has 0 saturated carbocycles. The summed E-state index contributed by atoms with van der Waals surface area (Å²) >= 11 is 0. The van der Waals surface area contributed by atoms with E-state index in [1.165, 1.54) is 37.9 Å². The Labute approximate surface area is 333 Å². The lowest BCUT2D eigenvalue weighted by molar-refractivity contribution is 0.668. The van der Waals surface area contributed by atoms with E-state index in [4.69, 9.17) is 19.4 Å². The number of aromatic nitrogens is 4. The van der Waals surface area contributed by atoms with Gasteiger partial charge in [-0.05, 0) is 63.0 Å². The van der Waals surface area contributed by atoms with E-state index in [1.807, 2.05) is 42.5 Å². The van der Waals surface area contributed by atoms with Gasteiger partial charge in [-0.1, -0.05) is 158 Å². The Balaban J connectivity index is 1.11. The fourth-order valence-electron chi connectivity index (χ4n) is 8.70. The molecule has 0 radical (unpaired) electrons. The number of hydrogen-bond donors (Lipinski definition) is 0. The van der Waals surface area contributed by atoms with Gasteiger partial charge in [0.1, 0.15) is 11.2 Å². The lowest BCUT2D eigenvalue weighted by Gasteiger charge is -2.13. The van der Waals surface area contributed by atoms with E-state index in [-0.39, 0.29) is 0 Å². The topological polar surface area (TPSA) is 56.7 Å². The molecule has 9 aromatic carbocycles. The molecular formula is C53H32N4O. The molecule has 3 heterocycles. The average Bonchev–Trinajstić information content (AvgIpc) is 3.83. The van der Waals surface area contributed by atoms with Crippen LogP contribution in [0, 0.1) is 0 Å². The standard InChI is InChI=1S/C53H32N4O/c1-2-14-35(15-3-1)51-54-52(36-27-25-34(26-28-36)41-22-12-18-33-13-6-7-19-40(33)41)56-53(55-51)45-31-39(32-49-50(45)43-21-9-11-24-48(43)58-49)57-46-23-10-8-20-42(46)44-29-37-16-4-5-17-38(37)30-47(44)57/h1-32H. The minimum absolute atomic E-state index is 0.576. The highest BCUT2D eigenvalue weighted by atomic mass is 16.3. The first-order chi connectivity index (χ1) is 28.7. The molecule has 0 fully saturated rings. The van der Waals surface area contributed by atoms with Crippen molar-refractivity contribution in [2.24, 2.45) is 0 Å². The van der Waals surface area contributed by atoms with Crippen LogP contribution in [0.15, 0.2) is 199 Å². The van der Waals surface area contributed by atoms with Crippen molar-refractivity contribution in [3.63, 3.8) is 0 Å². The highest BCUT2D eigenvalue weighted by Gasteiger charge is 2.22. The summed E-state index contributed by atoms with van der Waals surface area (Å²) in [7, 11) is 0. The SMILES string of the molecule is c1ccc(-c2nc(-c3ccc(-c4cccc5ccccc45)cc3)nc(-c3cc(-n4c5ccccc5c5cc6ccccc6cc54)cc4oc5ccccc5c34)n2)cc1. The molecule has 0 unspecified atom stereocenters. The van der Waals surface area contributed by atoms with Gasteiger partial charge in [-0.25, -0.2) is 15.0 Å². The zero-order chi connectivity index (χ0) is 38.2. The zero-order valence-corrected chi connectivity index (χ0v) is 31.2. The van der Waals surface area contributed by atoms with E-state index in [1.54, 1.807) is 0 Å². The highest BCUT2D eigenvalue weighted by Crippen LogP contribution is 2.41. The van der Waals surface area contributed by atoms with Crippen LogP contribution in [0.5, 0.6) is 0 Å². The van der Waals surface area contributed by atoms with E-state index >= 15 is 0 Å². The maximum Gasteiger partial charge on any atom is 0.164 e. The van der Waals surface area contributed by atoms with E-state index in [0.717, 1.165) is 60.9 Å². The maximum atomic E-state index is 6.68. The minimum atomic E-state index is 0.576. The van der Waals surface area contributed by atoms with Gasteiger partial charge in [0.15, 0.2) is 17.5 Å². The van der Waals surface area contributed by atoms with E-state index in [2.05, 4.69) is 156 Å². The predicted octanol–water partition coefficient (Wildman–Crippen LogP) is 13.8. The number of hydrogen-bond acceptors (Lipinski definition) is 4. The van der Waals surface area contributed by atoms with Crippen molar-refractivity contribution in [2.75, 3.05) is 0 Å². The Morgan fingerprint density at radius 2 is 0.948 bits per heavy atom. The third-order valence-electron chi connectivity index (χ3n) is 11.4. The highest BCUT2D eigenvalue weighted by molar-refractivity contribution is 6.16. The molecule has 58 heavy (non-hydrogen) atoms. The van der Waals surface area contributed by atoms with Crippen LogP contribution in [0.3, 0.4) is 0 Å². The molecule has 0 N–H and O–H groups in total. The maximum absolute atomic E-state index is 6.68. The molecule has 0 atom stereocenters. The number of fused-ring (bicyclic) bond motifs is 8. The van der Waals surface area contributed by atoms with Gasteiger partial charge >= 0.3 is 0 Å². The summed E-state index contributed by atoms with van der Waals surface area (Å²) in [5, 5.41) is 9.19. The van der Waals surface area contributed by atoms with Crippen LogP contribution in [0.25, 0.3) is 116 Å². The molecule has 0 aliphatic heterocycles. The summed E-state index contributed by atoms with van der Waals surface area (Å²) in [5.41, 5.74) is 9.79. The van der Waals surface area contributed by atoms with Crippen LogP contribution in [-0.4, -0.2) is 19.5 Å². The predicted molar refractivity (Wildman–Crippen MR) is 238 cm³/mol. The first-order valence-electron chi connectivity index (χ1n) is 19.5. The molecule has 0 aliphatic rings. The van der Waals surface area contributed by atoms with Crippen molar-refractivity contribution in [3.8, 4) is 51.0 Å². The molecule has 0 spiro atoms. The van der Waals surface area contributed by atoms with Crippen LogP contribution < -0.4 is 0 Å². The van der Waals surface area contributed by atoms with Crippen molar-refractivity contribution in [2.45, 2.75) is 0 Å². The first-order valence-corrected chi connectivity index (χ1v) is 19.5. The normalized spacial score (nSPS) is 11.8. The smallest absolute Gasteiger partial charge is 0.164 e. The number of para-hydroxylation sites is 2. The van der Waals surface area contributed by atoms with E-state index in [9.17, 15) is 0 Å². The molecule has 0 bridgehead atoms. The molecule has 12 rings (SSSR count). The van der Waals surface area contributed by atoms with Crippen LogP contribution in [0.1, 0.15) is 0 Å². The summed E-state index contributed by atoms with van der Waals surface area (Å²) in [6.45, 7) is 0. The van der Waals surface area contributed by atoms with Gasteiger partial charge in [0, 0.05) is 44.3 Å². The molecule has 270 valence electrons. The molecule has 5 nitrogen and oxygen atoms in total. The van der Waals surface area contributed by atoms with Crippen molar-refractivity contribution >= 4 is 65.3 Å². The molecule has 3 aromatic heterocycles. The van der Waals surface area contributed by atoms with Gasteiger partial charge in [0.25, 0.3) is 0 Å². The number of nitrogens with zero attached hydrogens (tertiary/aromatic N) is 4. The Bertz CT molecular complexity index is 3560. The van der Waals surface area contributed by atoms with Crippen molar-refractivity contribution in [1.82, 2.24) is 19.5 Å².